The van der Waals surface area contributed by atoms with Crippen LogP contribution in [0.1, 0.15) is 40.7 Å². The molecule has 1 aromatic heterocycles. The van der Waals surface area contributed by atoms with E-state index in [-0.39, 0.29) is 24.4 Å². The molecule has 0 aromatic carbocycles. The number of nitrogens with one attached hydrogen (secondary N) is 1. The van der Waals surface area contributed by atoms with Crippen LogP contribution in [0.3, 0.4) is 0 Å². The van der Waals surface area contributed by atoms with Crippen molar-refractivity contribution in [2.24, 2.45) is 0 Å². The number of aromatic nitrogens is 2. The standard InChI is InChI=1S/C16H29N5O2/c1-7-20(8-2)15(22)11-19(6)13(5)16(23)18-14-9-10-17-21(14)12(3)4/h9-10,12-13H,7-8,11H2,1-6H3,(H,18,23). The highest BCUT2D eigenvalue weighted by atomic mass is 16.2. The topological polar surface area (TPSA) is 70.5 Å². The third-order valence-electron chi connectivity index (χ3n) is 3.95. The molecule has 1 N–H and O–H groups in total. The lowest BCUT2D eigenvalue weighted by atomic mass is 10.2. The van der Waals surface area contributed by atoms with Crippen LogP contribution in [0.5, 0.6) is 0 Å². The smallest absolute Gasteiger partial charge is 0.242 e. The number of likely N-dealkylation sites (N-methyl/N-ethyl adjacent to an activating group) is 2. The summed E-state index contributed by atoms with van der Waals surface area (Å²) in [5.74, 6) is 0.548. The van der Waals surface area contributed by atoms with Gasteiger partial charge in [0.2, 0.25) is 11.8 Å². The van der Waals surface area contributed by atoms with E-state index >= 15 is 0 Å². The first-order chi connectivity index (χ1) is 10.8. The second-order valence-corrected chi connectivity index (χ2v) is 5.90. The van der Waals surface area contributed by atoms with E-state index in [1.165, 1.54) is 0 Å². The lowest BCUT2D eigenvalue weighted by Crippen LogP contribution is -2.46. The van der Waals surface area contributed by atoms with Crippen molar-refractivity contribution in [3.05, 3.63) is 12.3 Å². The molecule has 0 saturated carbocycles. The third kappa shape index (κ3) is 5.06. The van der Waals surface area contributed by atoms with Gasteiger partial charge in [-0.05, 0) is 41.7 Å². The summed E-state index contributed by atoms with van der Waals surface area (Å²) in [7, 11) is 1.78. The largest absolute Gasteiger partial charge is 0.342 e. The molecule has 0 aliphatic heterocycles. The van der Waals surface area contributed by atoms with Crippen LogP contribution in [-0.4, -0.2) is 64.1 Å². The Morgan fingerprint density at radius 1 is 1.26 bits per heavy atom. The Hall–Kier alpha value is -1.89. The molecule has 1 atom stereocenters. The van der Waals surface area contributed by atoms with Gasteiger partial charge in [0.25, 0.3) is 0 Å². The minimum Gasteiger partial charge on any atom is -0.342 e. The highest BCUT2D eigenvalue weighted by Gasteiger charge is 2.22. The fraction of sp³-hybridized carbons (Fsp3) is 0.688. The van der Waals surface area contributed by atoms with Crippen molar-refractivity contribution >= 4 is 17.6 Å². The van der Waals surface area contributed by atoms with E-state index in [2.05, 4.69) is 10.4 Å². The minimum absolute atomic E-state index is 0.0318. The fourth-order valence-corrected chi connectivity index (χ4v) is 2.28. The van der Waals surface area contributed by atoms with Gasteiger partial charge in [0.05, 0.1) is 18.8 Å². The van der Waals surface area contributed by atoms with Crippen LogP contribution in [0, 0.1) is 0 Å². The number of carbonyl (C=O) groups excluding carboxylic acids is 2. The van der Waals surface area contributed by atoms with E-state index in [9.17, 15) is 9.59 Å². The Balaban J connectivity index is 2.65. The summed E-state index contributed by atoms with van der Waals surface area (Å²) >= 11 is 0. The van der Waals surface area contributed by atoms with Gasteiger partial charge in [-0.25, -0.2) is 4.68 Å². The Kier molecular flexibility index (Phi) is 7.22. The van der Waals surface area contributed by atoms with Gasteiger partial charge in [0, 0.05) is 25.2 Å². The van der Waals surface area contributed by atoms with Crippen molar-refractivity contribution in [1.82, 2.24) is 19.6 Å². The van der Waals surface area contributed by atoms with Gasteiger partial charge in [-0.15, -0.1) is 0 Å². The molecule has 130 valence electrons. The minimum atomic E-state index is -0.412. The maximum atomic E-state index is 12.4. The summed E-state index contributed by atoms with van der Waals surface area (Å²) in [6.07, 6.45) is 1.66. The first-order valence-electron chi connectivity index (χ1n) is 8.14. The molecule has 1 aromatic rings. The van der Waals surface area contributed by atoms with Gasteiger partial charge in [-0.3, -0.25) is 14.5 Å². The maximum absolute atomic E-state index is 12.4. The molecular weight excluding hydrogens is 294 g/mol. The van der Waals surface area contributed by atoms with Gasteiger partial charge in [0.1, 0.15) is 5.82 Å². The van der Waals surface area contributed by atoms with Crippen molar-refractivity contribution < 1.29 is 9.59 Å². The number of nitrogens with zero attached hydrogens (tertiary/aromatic N) is 4. The van der Waals surface area contributed by atoms with E-state index in [4.69, 9.17) is 0 Å². The summed E-state index contributed by atoms with van der Waals surface area (Å²) in [6.45, 7) is 11.3. The first-order valence-corrected chi connectivity index (χ1v) is 8.14. The number of carbonyl (C=O) groups is 2. The van der Waals surface area contributed by atoms with E-state index in [1.54, 1.807) is 40.7 Å². The molecule has 1 rings (SSSR count). The van der Waals surface area contributed by atoms with E-state index in [1.807, 2.05) is 27.7 Å². The average molecular weight is 323 g/mol. The lowest BCUT2D eigenvalue weighted by molar-refractivity contribution is -0.133. The molecule has 0 spiro atoms. The molecule has 7 heteroatoms. The van der Waals surface area contributed by atoms with Gasteiger partial charge in [0.15, 0.2) is 0 Å². The van der Waals surface area contributed by atoms with Crippen LogP contribution in [0.25, 0.3) is 0 Å². The number of anilines is 1. The van der Waals surface area contributed by atoms with Crippen molar-refractivity contribution in [2.45, 2.75) is 46.7 Å². The Bertz CT molecular complexity index is 522. The molecule has 2 amide bonds. The maximum Gasteiger partial charge on any atom is 0.242 e. The Morgan fingerprint density at radius 2 is 1.87 bits per heavy atom. The highest BCUT2D eigenvalue weighted by Crippen LogP contribution is 2.13. The number of hydrogen-bond acceptors (Lipinski definition) is 4. The Morgan fingerprint density at radius 3 is 2.39 bits per heavy atom. The molecule has 1 unspecified atom stereocenters. The quantitative estimate of drug-likeness (QED) is 0.789. The SMILES string of the molecule is CCN(CC)C(=O)CN(C)C(C)C(=O)Nc1ccnn1C(C)C. The van der Waals surface area contributed by atoms with Crippen molar-refractivity contribution in [3.63, 3.8) is 0 Å². The van der Waals surface area contributed by atoms with Gasteiger partial charge >= 0.3 is 0 Å². The van der Waals surface area contributed by atoms with E-state index < -0.39 is 6.04 Å². The molecule has 7 nitrogen and oxygen atoms in total. The van der Waals surface area contributed by atoms with Gasteiger partial charge in [-0.2, -0.15) is 5.10 Å². The van der Waals surface area contributed by atoms with Crippen LogP contribution >= 0.6 is 0 Å². The van der Waals surface area contributed by atoms with Crippen LogP contribution in [0.15, 0.2) is 12.3 Å². The van der Waals surface area contributed by atoms with Crippen molar-refractivity contribution in [1.29, 1.82) is 0 Å². The monoisotopic (exact) mass is 323 g/mol. The third-order valence-corrected chi connectivity index (χ3v) is 3.95. The normalized spacial score (nSPS) is 12.5. The molecule has 0 aliphatic rings. The molecule has 0 fully saturated rings. The van der Waals surface area contributed by atoms with Crippen LogP contribution in [-0.2, 0) is 9.59 Å². The number of amides is 2. The van der Waals surface area contributed by atoms with E-state index in [0.717, 1.165) is 0 Å². The second kappa shape index (κ2) is 8.67. The summed E-state index contributed by atoms with van der Waals surface area (Å²) in [5.41, 5.74) is 0. The average Bonchev–Trinajstić information content (AvgIpc) is 2.95. The highest BCUT2D eigenvalue weighted by molar-refractivity contribution is 5.94. The number of rotatable bonds is 8. The molecule has 0 radical (unpaired) electrons. The van der Waals surface area contributed by atoms with Gasteiger partial charge in [-0.1, -0.05) is 0 Å². The molecule has 1 heterocycles. The predicted molar refractivity (Wildman–Crippen MR) is 91.3 cm³/mol. The Labute approximate surface area is 138 Å². The predicted octanol–water partition coefficient (Wildman–Crippen LogP) is 1.59. The lowest BCUT2D eigenvalue weighted by Gasteiger charge is -2.27. The molecule has 0 aliphatic carbocycles. The summed E-state index contributed by atoms with van der Waals surface area (Å²) in [5, 5.41) is 7.07. The summed E-state index contributed by atoms with van der Waals surface area (Å²) in [4.78, 5) is 28.1. The summed E-state index contributed by atoms with van der Waals surface area (Å²) < 4.78 is 1.76. The molecular formula is C16H29N5O2. The van der Waals surface area contributed by atoms with E-state index in [0.29, 0.717) is 18.9 Å². The zero-order chi connectivity index (χ0) is 17.6. The van der Waals surface area contributed by atoms with Crippen LogP contribution in [0.2, 0.25) is 0 Å². The first kappa shape index (κ1) is 19.2. The van der Waals surface area contributed by atoms with Crippen LogP contribution < -0.4 is 5.32 Å². The zero-order valence-electron chi connectivity index (χ0n) is 15.0. The van der Waals surface area contributed by atoms with Gasteiger partial charge < -0.3 is 10.2 Å². The van der Waals surface area contributed by atoms with Crippen LogP contribution in [0.4, 0.5) is 5.82 Å². The molecule has 0 bridgehead atoms. The second-order valence-electron chi connectivity index (χ2n) is 5.90. The van der Waals surface area contributed by atoms with Crippen molar-refractivity contribution in [2.75, 3.05) is 32.0 Å². The van der Waals surface area contributed by atoms with Crippen molar-refractivity contribution in [3.8, 4) is 0 Å². The fourth-order valence-electron chi connectivity index (χ4n) is 2.28. The molecule has 23 heavy (non-hydrogen) atoms. The molecule has 0 saturated heterocycles. The summed E-state index contributed by atoms with van der Waals surface area (Å²) in [6, 6.07) is 1.52. The number of hydrogen-bond donors (Lipinski definition) is 1. The zero-order valence-corrected chi connectivity index (χ0v) is 15.0.